The summed E-state index contributed by atoms with van der Waals surface area (Å²) in [5.74, 6) is -1.24. The summed E-state index contributed by atoms with van der Waals surface area (Å²) in [6.07, 6.45) is 6.01. The quantitative estimate of drug-likeness (QED) is 0.417. The SMILES string of the molecule is Cc1nc(CC(=O)NNC(=O)CCCCCCCCC(=O)O)cs1. The van der Waals surface area contributed by atoms with Crippen LogP contribution < -0.4 is 10.9 Å². The fourth-order valence-electron chi connectivity index (χ4n) is 2.17. The molecule has 0 aliphatic heterocycles. The lowest BCUT2D eigenvalue weighted by molar-refractivity contribution is -0.137. The molecule has 1 aromatic rings. The highest BCUT2D eigenvalue weighted by Gasteiger charge is 2.07. The van der Waals surface area contributed by atoms with Gasteiger partial charge in [0.2, 0.25) is 11.8 Å². The van der Waals surface area contributed by atoms with Gasteiger partial charge in [-0.3, -0.25) is 25.2 Å². The van der Waals surface area contributed by atoms with E-state index < -0.39 is 5.97 Å². The van der Waals surface area contributed by atoms with Crippen molar-refractivity contribution in [2.75, 3.05) is 0 Å². The van der Waals surface area contributed by atoms with Crippen LogP contribution in [0.2, 0.25) is 0 Å². The van der Waals surface area contributed by atoms with Crippen LogP contribution in [0.5, 0.6) is 0 Å². The molecule has 0 aliphatic carbocycles. The van der Waals surface area contributed by atoms with Crippen LogP contribution in [0.15, 0.2) is 5.38 Å². The topological polar surface area (TPSA) is 108 Å². The van der Waals surface area contributed by atoms with E-state index in [4.69, 9.17) is 5.11 Å². The average molecular weight is 355 g/mol. The molecule has 1 rings (SSSR count). The van der Waals surface area contributed by atoms with Crippen molar-refractivity contribution < 1.29 is 19.5 Å². The lowest BCUT2D eigenvalue weighted by atomic mass is 10.1. The molecule has 1 aromatic heterocycles. The summed E-state index contributed by atoms with van der Waals surface area (Å²) >= 11 is 1.49. The van der Waals surface area contributed by atoms with E-state index in [2.05, 4.69) is 15.8 Å². The fourth-order valence-corrected chi connectivity index (χ4v) is 2.78. The number of hydrazine groups is 1. The molecule has 0 saturated heterocycles. The average Bonchev–Trinajstić information content (AvgIpc) is 2.92. The lowest BCUT2D eigenvalue weighted by Crippen LogP contribution is -2.42. The van der Waals surface area contributed by atoms with Gasteiger partial charge in [-0.15, -0.1) is 11.3 Å². The Kier molecular flexibility index (Phi) is 9.67. The minimum absolute atomic E-state index is 0.154. The number of aliphatic carboxylic acids is 1. The van der Waals surface area contributed by atoms with E-state index in [0.29, 0.717) is 18.5 Å². The molecule has 7 nitrogen and oxygen atoms in total. The van der Waals surface area contributed by atoms with Crippen LogP contribution in [0.1, 0.15) is 62.1 Å². The zero-order valence-electron chi connectivity index (χ0n) is 14.0. The van der Waals surface area contributed by atoms with Gasteiger partial charge in [-0.05, 0) is 19.8 Å². The van der Waals surface area contributed by atoms with Crippen molar-refractivity contribution in [1.82, 2.24) is 15.8 Å². The van der Waals surface area contributed by atoms with Crippen LogP contribution in [0.3, 0.4) is 0 Å². The number of unbranched alkanes of at least 4 members (excludes halogenated alkanes) is 5. The number of aryl methyl sites for hydroxylation is 1. The Hall–Kier alpha value is -1.96. The van der Waals surface area contributed by atoms with Gasteiger partial charge in [0.15, 0.2) is 0 Å². The molecule has 3 N–H and O–H groups in total. The van der Waals surface area contributed by atoms with Gasteiger partial charge in [0, 0.05) is 18.2 Å². The first kappa shape index (κ1) is 20.1. The van der Waals surface area contributed by atoms with Gasteiger partial charge in [-0.25, -0.2) is 4.98 Å². The number of carbonyl (C=O) groups is 3. The molecular weight excluding hydrogens is 330 g/mol. The second-order valence-corrected chi connectivity index (χ2v) is 6.71. The molecule has 24 heavy (non-hydrogen) atoms. The predicted octanol–water partition coefficient (Wildman–Crippen LogP) is 2.35. The Bertz CT molecular complexity index is 545. The van der Waals surface area contributed by atoms with Gasteiger partial charge in [-0.2, -0.15) is 0 Å². The summed E-state index contributed by atoms with van der Waals surface area (Å²) < 4.78 is 0. The van der Waals surface area contributed by atoms with Crippen molar-refractivity contribution in [2.45, 2.75) is 64.7 Å². The maximum absolute atomic E-state index is 11.6. The molecule has 1 heterocycles. The summed E-state index contributed by atoms with van der Waals surface area (Å²) in [5, 5.41) is 11.2. The van der Waals surface area contributed by atoms with E-state index in [9.17, 15) is 14.4 Å². The van der Waals surface area contributed by atoms with E-state index in [-0.39, 0.29) is 24.7 Å². The standard InChI is InChI=1S/C16H25N3O4S/c1-12-17-13(11-24-12)10-15(21)19-18-14(20)8-6-4-2-3-5-7-9-16(22)23/h11H,2-10H2,1H3,(H,18,20)(H,19,21)(H,22,23). The summed E-state index contributed by atoms with van der Waals surface area (Å²) in [6, 6.07) is 0. The molecule has 0 radical (unpaired) electrons. The molecule has 0 aromatic carbocycles. The third kappa shape index (κ3) is 9.94. The number of carbonyl (C=O) groups excluding carboxylic acids is 2. The van der Waals surface area contributed by atoms with E-state index in [1.807, 2.05) is 12.3 Å². The van der Waals surface area contributed by atoms with Gasteiger partial charge in [0.05, 0.1) is 17.1 Å². The highest BCUT2D eigenvalue weighted by molar-refractivity contribution is 7.09. The molecule has 0 saturated carbocycles. The molecule has 0 bridgehead atoms. The second-order valence-electron chi connectivity index (χ2n) is 5.65. The molecule has 2 amide bonds. The molecule has 0 fully saturated rings. The molecule has 0 aliphatic rings. The van der Waals surface area contributed by atoms with Crippen molar-refractivity contribution in [3.8, 4) is 0 Å². The van der Waals surface area contributed by atoms with Crippen LogP contribution in [-0.2, 0) is 20.8 Å². The molecule has 8 heteroatoms. The molecule has 0 spiro atoms. The van der Waals surface area contributed by atoms with Crippen molar-refractivity contribution >= 4 is 29.1 Å². The summed E-state index contributed by atoms with van der Waals surface area (Å²) in [6.45, 7) is 1.88. The summed E-state index contributed by atoms with van der Waals surface area (Å²) in [5.41, 5.74) is 5.50. The molecule has 0 unspecified atom stereocenters. The van der Waals surface area contributed by atoms with Crippen molar-refractivity contribution in [3.63, 3.8) is 0 Å². The number of rotatable bonds is 11. The van der Waals surface area contributed by atoms with Gasteiger partial charge >= 0.3 is 5.97 Å². The van der Waals surface area contributed by atoms with Crippen LogP contribution >= 0.6 is 11.3 Å². The minimum atomic E-state index is -0.751. The van der Waals surface area contributed by atoms with E-state index in [0.717, 1.165) is 37.1 Å². The fraction of sp³-hybridized carbons (Fsp3) is 0.625. The normalized spacial score (nSPS) is 10.4. The maximum atomic E-state index is 11.6. The Balaban J connectivity index is 1.98. The maximum Gasteiger partial charge on any atom is 0.303 e. The smallest absolute Gasteiger partial charge is 0.303 e. The van der Waals surface area contributed by atoms with Crippen molar-refractivity contribution in [2.24, 2.45) is 0 Å². The van der Waals surface area contributed by atoms with Gasteiger partial charge < -0.3 is 5.11 Å². The van der Waals surface area contributed by atoms with Crippen molar-refractivity contribution in [1.29, 1.82) is 0 Å². The number of hydrogen-bond donors (Lipinski definition) is 3. The van der Waals surface area contributed by atoms with Crippen LogP contribution in [0, 0.1) is 6.92 Å². The Morgan fingerprint density at radius 1 is 1.00 bits per heavy atom. The molecule has 134 valence electrons. The van der Waals surface area contributed by atoms with Crippen LogP contribution in [0.4, 0.5) is 0 Å². The zero-order chi connectivity index (χ0) is 17.8. The summed E-state index contributed by atoms with van der Waals surface area (Å²) in [7, 11) is 0. The third-order valence-electron chi connectivity index (χ3n) is 3.39. The monoisotopic (exact) mass is 355 g/mol. The number of thiazole rings is 1. The van der Waals surface area contributed by atoms with Crippen molar-refractivity contribution in [3.05, 3.63) is 16.1 Å². The first-order valence-electron chi connectivity index (χ1n) is 8.18. The minimum Gasteiger partial charge on any atom is -0.481 e. The number of amides is 2. The number of hydrogen-bond acceptors (Lipinski definition) is 5. The first-order chi connectivity index (χ1) is 11.5. The number of aromatic nitrogens is 1. The van der Waals surface area contributed by atoms with E-state index in [1.165, 1.54) is 11.3 Å². The number of nitrogens with zero attached hydrogens (tertiary/aromatic N) is 1. The number of nitrogens with one attached hydrogen (secondary N) is 2. The largest absolute Gasteiger partial charge is 0.481 e. The highest BCUT2D eigenvalue weighted by Crippen LogP contribution is 2.09. The Labute approximate surface area is 145 Å². The lowest BCUT2D eigenvalue weighted by Gasteiger charge is -2.06. The second kappa shape index (κ2) is 11.6. The zero-order valence-corrected chi connectivity index (χ0v) is 14.8. The van der Waals surface area contributed by atoms with Gasteiger partial charge in [0.1, 0.15) is 0 Å². The van der Waals surface area contributed by atoms with Crippen LogP contribution in [-0.4, -0.2) is 27.9 Å². The van der Waals surface area contributed by atoms with E-state index in [1.54, 1.807) is 0 Å². The number of carboxylic acid groups (broad SMARTS) is 1. The summed E-state index contributed by atoms with van der Waals surface area (Å²) in [4.78, 5) is 37.8. The number of carboxylic acids is 1. The Morgan fingerprint density at radius 3 is 2.17 bits per heavy atom. The molecule has 0 atom stereocenters. The Morgan fingerprint density at radius 2 is 1.58 bits per heavy atom. The third-order valence-corrected chi connectivity index (χ3v) is 4.22. The van der Waals surface area contributed by atoms with Gasteiger partial charge in [0.25, 0.3) is 0 Å². The predicted molar refractivity (Wildman–Crippen MR) is 91.4 cm³/mol. The highest BCUT2D eigenvalue weighted by atomic mass is 32.1. The first-order valence-corrected chi connectivity index (χ1v) is 9.06. The van der Waals surface area contributed by atoms with Crippen LogP contribution in [0.25, 0.3) is 0 Å². The van der Waals surface area contributed by atoms with E-state index >= 15 is 0 Å². The molecular formula is C16H25N3O4S. The van der Waals surface area contributed by atoms with Gasteiger partial charge in [-0.1, -0.05) is 25.7 Å².